The smallest absolute Gasteiger partial charge is 0.435 e. The fourth-order valence-corrected chi connectivity index (χ4v) is 1.58. The predicted octanol–water partition coefficient (Wildman–Crippen LogP) is 3.52. The van der Waals surface area contributed by atoms with Gasteiger partial charge in [0.2, 0.25) is 0 Å². The first kappa shape index (κ1) is 15.1. The molecule has 0 saturated carbocycles. The maximum Gasteiger partial charge on any atom is 0.435 e. The van der Waals surface area contributed by atoms with Crippen molar-refractivity contribution in [2.24, 2.45) is 0 Å². The van der Waals surface area contributed by atoms with E-state index in [0.29, 0.717) is 5.82 Å². The van der Waals surface area contributed by atoms with Gasteiger partial charge in [0.15, 0.2) is 0 Å². The average Bonchev–Trinajstić information content (AvgIpc) is 2.14. The molecule has 1 aliphatic rings. The maximum atomic E-state index is 5.95. The molecule has 0 aromatic heterocycles. The van der Waals surface area contributed by atoms with Crippen LogP contribution in [0.4, 0.5) is 0 Å². The van der Waals surface area contributed by atoms with Crippen molar-refractivity contribution in [2.75, 3.05) is 0 Å². The van der Waals surface area contributed by atoms with Gasteiger partial charge in [-0.15, -0.1) is 0 Å². The van der Waals surface area contributed by atoms with E-state index in [4.69, 9.17) is 13.7 Å². The van der Waals surface area contributed by atoms with E-state index in [1.54, 1.807) is 0 Å². The second-order valence-corrected chi connectivity index (χ2v) is 7.42. The Hall–Kier alpha value is 0.0748. The topological polar surface area (TPSA) is 27.7 Å². The van der Waals surface area contributed by atoms with Gasteiger partial charge in [-0.05, 0) is 16.4 Å². The van der Waals surface area contributed by atoms with Crippen molar-refractivity contribution in [1.29, 1.82) is 0 Å². The zero-order valence-corrected chi connectivity index (χ0v) is 12.5. The number of rotatable bonds is 1. The summed E-state index contributed by atoms with van der Waals surface area (Å²) in [6.45, 7) is 17.0. The molecule has 1 saturated heterocycles. The summed E-state index contributed by atoms with van der Waals surface area (Å²) in [4.78, 5) is 0. The molecule has 0 bridgehead atoms. The Morgan fingerprint density at radius 2 is 1.06 bits per heavy atom. The van der Waals surface area contributed by atoms with Crippen LogP contribution in [0, 0.1) is 0 Å². The third-order valence-corrected chi connectivity index (χ3v) is 2.72. The Bertz CT molecular complexity index is 236. The van der Waals surface area contributed by atoms with E-state index in [9.17, 15) is 0 Å². The van der Waals surface area contributed by atoms with Crippen LogP contribution in [-0.4, -0.2) is 21.4 Å². The van der Waals surface area contributed by atoms with Gasteiger partial charge in [0.25, 0.3) is 0 Å². The highest BCUT2D eigenvalue weighted by atomic mass is 16.7. The van der Waals surface area contributed by atoms with E-state index in [0.717, 1.165) is 0 Å². The normalized spacial score (nSPS) is 19.2. The van der Waals surface area contributed by atoms with E-state index in [2.05, 4.69) is 55.4 Å². The van der Waals surface area contributed by atoms with Gasteiger partial charge in [-0.25, -0.2) is 0 Å². The lowest BCUT2D eigenvalue weighted by atomic mass is 9.49. The van der Waals surface area contributed by atoms with E-state index < -0.39 is 0 Å². The van der Waals surface area contributed by atoms with E-state index in [-0.39, 0.29) is 32.0 Å². The summed E-state index contributed by atoms with van der Waals surface area (Å²) >= 11 is 0. The van der Waals surface area contributed by atoms with Gasteiger partial charge in [0.05, 0.1) is 0 Å². The molecule has 6 heteroatoms. The van der Waals surface area contributed by atoms with Crippen LogP contribution in [0.5, 0.6) is 0 Å². The fourth-order valence-electron chi connectivity index (χ4n) is 1.58. The van der Waals surface area contributed by atoms with E-state index >= 15 is 0 Å². The Balaban J connectivity index is 2.84. The molecule has 0 aromatic rings. The Labute approximate surface area is 107 Å². The molecule has 0 aliphatic carbocycles. The lowest BCUT2D eigenvalue weighted by molar-refractivity contribution is 0.238. The van der Waals surface area contributed by atoms with Crippen molar-refractivity contribution in [3.8, 4) is 0 Å². The molecule has 1 aliphatic heterocycles. The summed E-state index contributed by atoms with van der Waals surface area (Å²) < 4.78 is 17.7. The van der Waals surface area contributed by atoms with Gasteiger partial charge in [0.1, 0.15) is 0 Å². The maximum absolute atomic E-state index is 5.95. The van der Waals surface area contributed by atoms with Gasteiger partial charge in [-0.3, -0.25) is 0 Å². The summed E-state index contributed by atoms with van der Waals surface area (Å²) in [7, 11) is -0.613. The van der Waals surface area contributed by atoms with E-state index in [1.807, 2.05) is 0 Å². The first-order chi connectivity index (χ1) is 7.51. The van der Waals surface area contributed by atoms with Crippen LogP contribution >= 0.6 is 0 Å². The lowest BCUT2D eigenvalue weighted by Gasteiger charge is -2.41. The molecule has 1 heterocycles. The number of hydrogen-bond acceptors (Lipinski definition) is 3. The van der Waals surface area contributed by atoms with Crippen molar-refractivity contribution in [1.82, 2.24) is 0 Å². The molecule has 0 amide bonds. The minimum Gasteiger partial charge on any atom is -0.452 e. The van der Waals surface area contributed by atoms with Crippen molar-refractivity contribution in [3.63, 3.8) is 0 Å². The molecule has 17 heavy (non-hydrogen) atoms. The van der Waals surface area contributed by atoms with Gasteiger partial charge in [-0.2, -0.15) is 0 Å². The van der Waals surface area contributed by atoms with Gasteiger partial charge in [-0.1, -0.05) is 55.4 Å². The summed E-state index contributed by atoms with van der Waals surface area (Å²) in [6, 6.07) is 0. The molecule has 0 radical (unpaired) electrons. The van der Waals surface area contributed by atoms with Gasteiger partial charge < -0.3 is 13.7 Å². The molecular formula is C11H25B3O3. The zero-order chi connectivity index (χ0) is 13.4. The molecule has 1 fully saturated rings. The summed E-state index contributed by atoms with van der Waals surface area (Å²) in [5.74, 6) is 0.327. The van der Waals surface area contributed by atoms with Crippen LogP contribution in [0.3, 0.4) is 0 Å². The highest BCUT2D eigenvalue weighted by Gasteiger charge is 2.50. The largest absolute Gasteiger partial charge is 0.452 e. The molecule has 0 unspecified atom stereocenters. The molecule has 0 N–H and O–H groups in total. The fraction of sp³-hybridized carbons (Fsp3) is 1.00. The Morgan fingerprint density at radius 1 is 0.706 bits per heavy atom. The first-order valence-corrected chi connectivity index (χ1v) is 6.48. The second kappa shape index (κ2) is 4.98. The summed E-state index contributed by atoms with van der Waals surface area (Å²) in [6.07, 6.45) is 0. The minimum atomic E-state index is -0.215. The van der Waals surface area contributed by atoms with Gasteiger partial charge >= 0.3 is 21.4 Å². The highest BCUT2D eigenvalue weighted by Crippen LogP contribution is 2.38. The van der Waals surface area contributed by atoms with Crippen LogP contribution in [0.15, 0.2) is 0 Å². The monoisotopic (exact) mass is 238 g/mol. The van der Waals surface area contributed by atoms with E-state index in [1.165, 1.54) is 0 Å². The predicted molar refractivity (Wildman–Crippen MR) is 75.0 cm³/mol. The number of hydrogen-bond donors (Lipinski definition) is 0. The van der Waals surface area contributed by atoms with Crippen molar-refractivity contribution < 1.29 is 13.7 Å². The molecule has 1 rings (SSSR count). The zero-order valence-electron chi connectivity index (χ0n) is 12.5. The standard InChI is InChI=1S/C11H25B3O3/c1-9(2)12-15-13(10(3,4)5)17-14(16-12)11(6,7)8/h9H,1-8H3. The van der Waals surface area contributed by atoms with Crippen molar-refractivity contribution in [3.05, 3.63) is 0 Å². The SMILES string of the molecule is CC(C)B1OB(C(C)(C)C)OB(C(C)(C)C)O1. The van der Waals surface area contributed by atoms with Crippen LogP contribution < -0.4 is 0 Å². The Kier molecular flexibility index (Phi) is 4.44. The highest BCUT2D eigenvalue weighted by molar-refractivity contribution is 6.76. The van der Waals surface area contributed by atoms with Gasteiger partial charge in [0, 0.05) is 0 Å². The first-order valence-electron chi connectivity index (χ1n) is 6.48. The molecule has 0 spiro atoms. The third-order valence-electron chi connectivity index (χ3n) is 2.72. The third kappa shape index (κ3) is 4.04. The van der Waals surface area contributed by atoms with Crippen LogP contribution in [0.2, 0.25) is 16.4 Å². The summed E-state index contributed by atoms with van der Waals surface area (Å²) in [5, 5.41) is -0.0825. The Morgan fingerprint density at radius 3 is 1.29 bits per heavy atom. The van der Waals surface area contributed by atoms with Crippen LogP contribution in [-0.2, 0) is 13.7 Å². The van der Waals surface area contributed by atoms with Crippen LogP contribution in [0.25, 0.3) is 0 Å². The van der Waals surface area contributed by atoms with Crippen LogP contribution in [0.1, 0.15) is 55.4 Å². The summed E-state index contributed by atoms with van der Waals surface area (Å²) in [5.41, 5.74) is 0. The average molecular weight is 238 g/mol. The quantitative estimate of drug-likeness (QED) is 0.653. The van der Waals surface area contributed by atoms with Crippen molar-refractivity contribution >= 4 is 21.4 Å². The second-order valence-electron chi connectivity index (χ2n) is 7.42. The van der Waals surface area contributed by atoms with Crippen molar-refractivity contribution in [2.45, 2.75) is 71.8 Å². The minimum absolute atomic E-state index is 0.0412. The molecule has 3 nitrogen and oxygen atoms in total. The molecular weight excluding hydrogens is 213 g/mol. The molecule has 0 atom stereocenters. The molecule has 96 valence electrons. The molecule has 0 aromatic carbocycles. The lowest BCUT2D eigenvalue weighted by Crippen LogP contribution is -2.55.